The van der Waals surface area contributed by atoms with Crippen LogP contribution in [-0.4, -0.2) is 113 Å². The first-order valence-corrected chi connectivity index (χ1v) is 16.3. The summed E-state index contributed by atoms with van der Waals surface area (Å²) in [5.74, 6) is -1.71. The zero-order valence-corrected chi connectivity index (χ0v) is 27.0. The molecule has 2 saturated heterocycles. The van der Waals surface area contributed by atoms with Crippen molar-refractivity contribution in [2.24, 2.45) is 0 Å². The number of hydrogen-bond donors (Lipinski definition) is 2. The molecule has 2 aliphatic rings. The van der Waals surface area contributed by atoms with Crippen LogP contribution in [0.2, 0.25) is 0 Å². The van der Waals surface area contributed by atoms with Gasteiger partial charge in [-0.2, -0.15) is 0 Å². The predicted molar refractivity (Wildman–Crippen MR) is 179 cm³/mol. The number of rotatable bonds is 17. The summed E-state index contributed by atoms with van der Waals surface area (Å²) in [5, 5.41) is 26.8. The number of aliphatic carboxylic acids is 2. The summed E-state index contributed by atoms with van der Waals surface area (Å²) in [6.45, 7) is 9.00. The summed E-state index contributed by atoms with van der Waals surface area (Å²) >= 11 is 0. The maximum Gasteiger partial charge on any atom is 0.328 e. The van der Waals surface area contributed by atoms with Gasteiger partial charge in [-0.25, -0.2) is 14.4 Å². The Morgan fingerprint density at radius 1 is 0.766 bits per heavy atom. The minimum Gasteiger partial charge on any atom is -0.494 e. The van der Waals surface area contributed by atoms with Crippen LogP contribution in [0.25, 0.3) is 0 Å². The normalized spacial score (nSPS) is 14.8. The molecule has 2 amide bonds. The van der Waals surface area contributed by atoms with Crippen LogP contribution < -0.4 is 9.64 Å². The zero-order valence-electron chi connectivity index (χ0n) is 27.0. The number of carboxylic acids is 2. The fraction of sp³-hybridized carbons (Fsp3) is 0.500. The van der Waals surface area contributed by atoms with Crippen LogP contribution in [0.15, 0.2) is 66.7 Å². The largest absolute Gasteiger partial charge is 0.494 e. The number of amides is 2. The van der Waals surface area contributed by atoms with Gasteiger partial charge in [-0.1, -0.05) is 18.2 Å². The third kappa shape index (κ3) is 14.2. The number of urea groups is 1. The maximum absolute atomic E-state index is 14.0. The van der Waals surface area contributed by atoms with Crippen molar-refractivity contribution in [2.75, 3.05) is 70.4 Å². The fourth-order valence-electron chi connectivity index (χ4n) is 5.62. The Hall–Kier alpha value is -4.49. The number of benzene rings is 2. The summed E-state index contributed by atoms with van der Waals surface area (Å²) in [7, 11) is 0. The highest BCUT2D eigenvalue weighted by Crippen LogP contribution is 2.22. The number of hydrogen-bond acceptors (Lipinski definition) is 8. The van der Waals surface area contributed by atoms with Gasteiger partial charge in [-0.05, 0) is 108 Å². The lowest BCUT2D eigenvalue weighted by molar-refractivity contribution is -0.384. The highest BCUT2D eigenvalue weighted by atomic mass is 16.6. The van der Waals surface area contributed by atoms with Gasteiger partial charge in [0.1, 0.15) is 5.75 Å². The molecule has 256 valence electrons. The third-order valence-electron chi connectivity index (χ3n) is 7.98. The molecule has 0 aliphatic carbocycles. The number of carbonyl (C=O) groups excluding carboxylic acids is 1. The van der Waals surface area contributed by atoms with E-state index in [4.69, 9.17) is 14.9 Å². The number of carboxylic acid groups (broad SMARTS) is 2. The first-order chi connectivity index (χ1) is 22.7. The minimum absolute atomic E-state index is 0.0200. The van der Waals surface area contributed by atoms with Crippen molar-refractivity contribution in [2.45, 2.75) is 44.9 Å². The second-order valence-electron chi connectivity index (χ2n) is 11.5. The van der Waals surface area contributed by atoms with Gasteiger partial charge in [-0.3, -0.25) is 15.0 Å². The predicted octanol–water partition coefficient (Wildman–Crippen LogP) is 4.98. The van der Waals surface area contributed by atoms with Crippen LogP contribution in [0, 0.1) is 10.1 Å². The maximum atomic E-state index is 14.0. The summed E-state index contributed by atoms with van der Waals surface area (Å²) < 4.78 is 5.87. The first-order valence-electron chi connectivity index (χ1n) is 16.3. The lowest BCUT2D eigenvalue weighted by Crippen LogP contribution is -2.46. The average Bonchev–Trinajstić information content (AvgIpc) is 3.79. The molecule has 0 saturated carbocycles. The van der Waals surface area contributed by atoms with Crippen molar-refractivity contribution in [1.29, 1.82) is 0 Å². The molecule has 0 atom stereocenters. The van der Waals surface area contributed by atoms with Crippen molar-refractivity contribution in [1.82, 2.24) is 14.7 Å². The number of ether oxygens (including phenoxy) is 1. The number of nitrogens with zero attached hydrogens (tertiary/aromatic N) is 5. The van der Waals surface area contributed by atoms with Gasteiger partial charge < -0.3 is 29.6 Å². The fourth-order valence-corrected chi connectivity index (χ4v) is 5.62. The summed E-state index contributed by atoms with van der Waals surface area (Å²) in [6, 6.07) is 15.9. The number of likely N-dealkylation sites (tertiary alicyclic amines) is 2. The van der Waals surface area contributed by atoms with Crippen LogP contribution in [-0.2, 0) is 9.59 Å². The molecule has 0 aromatic heterocycles. The van der Waals surface area contributed by atoms with Gasteiger partial charge in [0.05, 0.1) is 11.5 Å². The standard InChI is InChI=1S/C30H43N5O4.C4H4O4/c36-30(33(23-8-21-31-17-4-5-18-31)24-9-22-32-19-6-7-20-32)34(27-13-15-28(16-14-27)35(37)38)25-10-26-39-29-11-2-1-3-12-29;5-3(6)1-2-4(7)8/h1-3,11-16H,4-10,17-26H2;1-2H,(H,5,6)(H,7,8). The van der Waals surface area contributed by atoms with Gasteiger partial charge in [0.15, 0.2) is 0 Å². The van der Waals surface area contributed by atoms with Crippen molar-refractivity contribution in [3.63, 3.8) is 0 Å². The molecule has 2 aromatic rings. The molecule has 13 nitrogen and oxygen atoms in total. The Morgan fingerprint density at radius 2 is 1.28 bits per heavy atom. The Morgan fingerprint density at radius 3 is 1.74 bits per heavy atom. The van der Waals surface area contributed by atoms with E-state index in [0.29, 0.717) is 50.5 Å². The molecule has 47 heavy (non-hydrogen) atoms. The van der Waals surface area contributed by atoms with Crippen molar-refractivity contribution in [3.05, 3.63) is 76.9 Å². The van der Waals surface area contributed by atoms with Crippen molar-refractivity contribution >= 4 is 29.3 Å². The van der Waals surface area contributed by atoms with E-state index in [-0.39, 0.29) is 11.7 Å². The van der Waals surface area contributed by atoms with E-state index in [9.17, 15) is 24.5 Å². The number of para-hydroxylation sites is 1. The highest BCUT2D eigenvalue weighted by molar-refractivity contribution is 5.92. The molecule has 2 N–H and O–H groups in total. The summed E-state index contributed by atoms with van der Waals surface area (Å²) in [6.07, 6.45) is 8.70. The number of nitro groups is 1. The topological polar surface area (TPSA) is 157 Å². The van der Waals surface area contributed by atoms with Gasteiger partial charge in [0.2, 0.25) is 0 Å². The Bertz CT molecular complexity index is 1240. The lowest BCUT2D eigenvalue weighted by atomic mass is 10.2. The Balaban J connectivity index is 0.000000665. The molecule has 2 aromatic carbocycles. The first kappa shape index (κ1) is 37.0. The summed E-state index contributed by atoms with van der Waals surface area (Å²) in [5.41, 5.74) is 0.695. The number of carbonyl (C=O) groups is 3. The molecule has 2 aliphatic heterocycles. The summed E-state index contributed by atoms with van der Waals surface area (Å²) in [4.78, 5) is 52.7. The van der Waals surface area contributed by atoms with E-state index >= 15 is 0 Å². The molecule has 13 heteroatoms. The monoisotopic (exact) mass is 653 g/mol. The zero-order chi connectivity index (χ0) is 33.9. The van der Waals surface area contributed by atoms with Crippen molar-refractivity contribution in [3.8, 4) is 5.75 Å². The van der Waals surface area contributed by atoms with E-state index in [1.807, 2.05) is 35.2 Å². The van der Waals surface area contributed by atoms with E-state index in [2.05, 4.69) is 9.80 Å². The quantitative estimate of drug-likeness (QED) is 0.103. The van der Waals surface area contributed by atoms with Crippen LogP contribution in [0.4, 0.5) is 16.2 Å². The van der Waals surface area contributed by atoms with Crippen LogP contribution in [0.3, 0.4) is 0 Å². The molecule has 4 rings (SSSR count). The van der Waals surface area contributed by atoms with Gasteiger partial charge in [0, 0.05) is 49.6 Å². The molecule has 0 radical (unpaired) electrons. The molecule has 2 heterocycles. The smallest absolute Gasteiger partial charge is 0.328 e. The third-order valence-corrected chi connectivity index (χ3v) is 7.98. The number of anilines is 1. The van der Waals surface area contributed by atoms with Gasteiger partial charge in [0.25, 0.3) is 5.69 Å². The van der Waals surface area contributed by atoms with Crippen molar-refractivity contribution < 1.29 is 34.3 Å². The number of non-ortho nitro benzene ring substituents is 1. The Kier molecular flexibility index (Phi) is 16.2. The van der Waals surface area contributed by atoms with E-state index < -0.39 is 16.9 Å². The average molecular weight is 654 g/mol. The van der Waals surface area contributed by atoms with E-state index in [0.717, 1.165) is 57.9 Å². The molecular weight excluding hydrogens is 606 g/mol. The molecular formula is C34H47N5O8. The van der Waals surface area contributed by atoms with E-state index in [1.165, 1.54) is 37.8 Å². The molecule has 0 bridgehead atoms. The van der Waals surface area contributed by atoms with Gasteiger partial charge >= 0.3 is 18.0 Å². The second-order valence-corrected chi connectivity index (χ2v) is 11.5. The van der Waals surface area contributed by atoms with Crippen LogP contribution in [0.5, 0.6) is 5.75 Å². The molecule has 0 unspecified atom stereocenters. The van der Waals surface area contributed by atoms with Crippen LogP contribution >= 0.6 is 0 Å². The lowest BCUT2D eigenvalue weighted by Gasteiger charge is -2.32. The SMILES string of the molecule is O=C(N(CCCN1CCCC1)CCCN1CCCC1)N(CCCOc1ccccc1)c1ccc([N+](=O)[O-])cc1.O=C(O)C=CC(=O)O. The molecule has 2 fully saturated rings. The molecule has 0 spiro atoms. The van der Waals surface area contributed by atoms with Gasteiger partial charge in [-0.15, -0.1) is 0 Å². The van der Waals surface area contributed by atoms with E-state index in [1.54, 1.807) is 17.0 Å². The second kappa shape index (κ2) is 20.6. The van der Waals surface area contributed by atoms with Crippen LogP contribution in [0.1, 0.15) is 44.9 Å². The highest BCUT2D eigenvalue weighted by Gasteiger charge is 2.24. The minimum atomic E-state index is -1.26. The Labute approximate surface area is 276 Å². The number of nitro benzene ring substituents is 1.